The van der Waals surface area contributed by atoms with E-state index in [1.807, 2.05) is 49.6 Å². The van der Waals surface area contributed by atoms with Crippen molar-refractivity contribution in [3.05, 3.63) is 88.1 Å². The van der Waals surface area contributed by atoms with E-state index >= 15 is 0 Å². The van der Waals surface area contributed by atoms with Gasteiger partial charge in [-0.2, -0.15) is 4.99 Å². The van der Waals surface area contributed by atoms with E-state index in [4.69, 9.17) is 12.2 Å². The highest BCUT2D eigenvalue weighted by atomic mass is 32.1. The molecule has 0 saturated heterocycles. The molecule has 180 valence electrons. The summed E-state index contributed by atoms with van der Waals surface area (Å²) < 4.78 is 0. The third kappa shape index (κ3) is 11.9. The minimum atomic E-state index is 0.774. The zero-order chi connectivity index (χ0) is 25.2. The van der Waals surface area contributed by atoms with Crippen LogP contribution in [0, 0.1) is 18.9 Å². The summed E-state index contributed by atoms with van der Waals surface area (Å²) in [6, 6.07) is 25.6. The molecule has 0 amide bonds. The first-order valence-corrected chi connectivity index (χ1v) is 13.1. The number of anilines is 1. The Kier molecular flexibility index (Phi) is 15.2. The van der Waals surface area contributed by atoms with E-state index in [0.717, 1.165) is 22.3 Å². The monoisotopic (exact) mass is 490 g/mol. The van der Waals surface area contributed by atoms with Gasteiger partial charge in [0, 0.05) is 21.5 Å². The van der Waals surface area contributed by atoms with Crippen LogP contribution in [0.3, 0.4) is 0 Å². The molecule has 0 spiro atoms. The average Bonchev–Trinajstić information content (AvgIpc) is 3.40. The highest BCUT2D eigenvalue weighted by Gasteiger charge is 2.06. The summed E-state index contributed by atoms with van der Waals surface area (Å²) in [6.45, 7) is 12.2. The van der Waals surface area contributed by atoms with Crippen LogP contribution >= 0.6 is 23.6 Å². The molecule has 2 aromatic carbocycles. The summed E-state index contributed by atoms with van der Waals surface area (Å²) in [5.41, 5.74) is 3.78. The highest BCUT2D eigenvalue weighted by molar-refractivity contribution is 7.81. The molecule has 0 aliphatic heterocycles. The van der Waals surface area contributed by atoms with Crippen molar-refractivity contribution in [2.24, 2.45) is 4.99 Å². The molecule has 0 bridgehead atoms. The van der Waals surface area contributed by atoms with E-state index in [0.29, 0.717) is 0 Å². The van der Waals surface area contributed by atoms with Crippen molar-refractivity contribution < 1.29 is 0 Å². The molecule has 0 radical (unpaired) electrons. The fourth-order valence-electron chi connectivity index (χ4n) is 3.23. The van der Waals surface area contributed by atoms with Crippen molar-refractivity contribution in [2.45, 2.75) is 66.7 Å². The summed E-state index contributed by atoms with van der Waals surface area (Å²) in [7, 11) is 0. The summed E-state index contributed by atoms with van der Waals surface area (Å²) >= 11 is 6.62. The van der Waals surface area contributed by atoms with Crippen LogP contribution in [0.2, 0.25) is 0 Å². The second-order valence-corrected chi connectivity index (χ2v) is 9.40. The second-order valence-electron chi connectivity index (χ2n) is 7.84. The lowest BCUT2D eigenvalue weighted by Crippen LogP contribution is -2.07. The molecule has 3 aromatic rings. The van der Waals surface area contributed by atoms with Gasteiger partial charge in [-0.05, 0) is 75.1 Å². The molecular formula is C30H38N2S2. The van der Waals surface area contributed by atoms with E-state index in [9.17, 15) is 0 Å². The Bertz CT molecular complexity index is 1040. The fraction of sp³-hybridized carbons (Fsp3) is 0.333. The molecular weight excluding hydrogens is 452 g/mol. The van der Waals surface area contributed by atoms with Gasteiger partial charge in [0.05, 0.1) is 0 Å². The highest BCUT2D eigenvalue weighted by Crippen LogP contribution is 2.23. The first-order chi connectivity index (χ1) is 16.4. The predicted molar refractivity (Wildman–Crippen MR) is 157 cm³/mol. The van der Waals surface area contributed by atoms with Gasteiger partial charge in [0.1, 0.15) is 5.84 Å². The minimum absolute atomic E-state index is 0.774. The molecule has 0 aliphatic rings. The fourth-order valence-corrected chi connectivity index (χ4v) is 4.07. The SMILES string of the molecule is CC#CN=C(C)Nc1ccccc1C.CC(=S)c1cccs1.CCCC(CC)c1ccccc1. The van der Waals surface area contributed by atoms with Crippen LogP contribution in [0.5, 0.6) is 0 Å². The van der Waals surface area contributed by atoms with Gasteiger partial charge in [-0.25, -0.2) is 0 Å². The predicted octanol–water partition coefficient (Wildman–Crippen LogP) is 9.27. The number of amidine groups is 1. The van der Waals surface area contributed by atoms with Crippen LogP contribution in [-0.4, -0.2) is 10.7 Å². The van der Waals surface area contributed by atoms with Gasteiger partial charge in [0.2, 0.25) is 0 Å². The Morgan fingerprint density at radius 3 is 2.18 bits per heavy atom. The lowest BCUT2D eigenvalue weighted by atomic mass is 9.92. The maximum absolute atomic E-state index is 4.93. The number of aryl methyl sites for hydroxylation is 1. The van der Waals surface area contributed by atoms with E-state index in [2.05, 4.69) is 79.4 Å². The number of hydrogen-bond acceptors (Lipinski definition) is 3. The molecule has 0 fully saturated rings. The topological polar surface area (TPSA) is 24.4 Å². The molecule has 1 aromatic heterocycles. The van der Waals surface area contributed by atoms with Gasteiger partial charge < -0.3 is 5.32 Å². The van der Waals surface area contributed by atoms with Crippen LogP contribution < -0.4 is 5.32 Å². The zero-order valence-corrected chi connectivity index (χ0v) is 23.0. The maximum Gasteiger partial charge on any atom is 0.114 e. The van der Waals surface area contributed by atoms with E-state index in [-0.39, 0.29) is 0 Å². The normalized spacial score (nSPS) is 10.9. The van der Waals surface area contributed by atoms with Crippen LogP contribution in [0.1, 0.15) is 75.8 Å². The van der Waals surface area contributed by atoms with Gasteiger partial charge in [0.15, 0.2) is 0 Å². The number of nitrogens with one attached hydrogen (secondary N) is 1. The molecule has 1 N–H and O–H groups in total. The third-order valence-electron chi connectivity index (χ3n) is 5.07. The van der Waals surface area contributed by atoms with Crippen molar-refractivity contribution >= 4 is 39.9 Å². The summed E-state index contributed by atoms with van der Waals surface area (Å²) in [5.74, 6) is 4.31. The smallest absolute Gasteiger partial charge is 0.114 e. The maximum atomic E-state index is 4.93. The van der Waals surface area contributed by atoms with Gasteiger partial charge >= 0.3 is 0 Å². The minimum Gasteiger partial charge on any atom is -0.343 e. The van der Waals surface area contributed by atoms with Crippen LogP contribution in [-0.2, 0) is 0 Å². The molecule has 2 nitrogen and oxygen atoms in total. The van der Waals surface area contributed by atoms with Crippen LogP contribution in [0.15, 0.2) is 77.1 Å². The Morgan fingerprint density at radius 2 is 1.68 bits per heavy atom. The lowest BCUT2D eigenvalue weighted by molar-refractivity contribution is 0.596. The number of benzene rings is 2. The number of thiocarbonyl (C=S) groups is 1. The summed E-state index contributed by atoms with van der Waals surface area (Å²) in [4.78, 5) is 6.22. The van der Waals surface area contributed by atoms with E-state index in [1.54, 1.807) is 18.3 Å². The Morgan fingerprint density at radius 1 is 1.00 bits per heavy atom. The third-order valence-corrected chi connectivity index (χ3v) is 6.40. The average molecular weight is 491 g/mol. The molecule has 3 rings (SSSR count). The van der Waals surface area contributed by atoms with Crippen LogP contribution in [0.4, 0.5) is 5.69 Å². The van der Waals surface area contributed by atoms with Crippen LogP contribution in [0.25, 0.3) is 0 Å². The summed E-state index contributed by atoms with van der Waals surface area (Å²) in [5, 5.41) is 5.23. The number of para-hydroxylation sites is 1. The first-order valence-electron chi connectivity index (χ1n) is 11.8. The molecule has 4 heteroatoms. The van der Waals surface area contributed by atoms with Gasteiger partial charge in [-0.1, -0.05) is 93.0 Å². The zero-order valence-electron chi connectivity index (χ0n) is 21.4. The van der Waals surface area contributed by atoms with Crippen molar-refractivity contribution in [3.8, 4) is 12.0 Å². The molecule has 1 unspecified atom stereocenters. The van der Waals surface area contributed by atoms with E-state index in [1.165, 1.54) is 35.3 Å². The van der Waals surface area contributed by atoms with Crippen molar-refractivity contribution in [1.82, 2.24) is 0 Å². The molecule has 1 heterocycles. The largest absolute Gasteiger partial charge is 0.343 e. The standard InChI is InChI=1S/C12H14N2.C12H18.C6H6S2/c1-4-9-13-11(3)14-12-8-6-5-7-10(12)2;1-3-8-11(4-2)12-9-6-5-7-10-12;1-5(7)6-3-2-4-8-6/h5-8H,1-3H3,(H,13,14);5-7,9-11H,3-4,8H2,1-2H3;2-4H,1H3. The van der Waals surface area contributed by atoms with Crippen molar-refractivity contribution in [3.63, 3.8) is 0 Å². The molecule has 1 atom stereocenters. The summed E-state index contributed by atoms with van der Waals surface area (Å²) in [6.07, 6.45) is 3.87. The first kappa shape index (κ1) is 29.3. The van der Waals surface area contributed by atoms with Gasteiger partial charge in [-0.3, -0.25) is 0 Å². The lowest BCUT2D eigenvalue weighted by Gasteiger charge is -2.13. The number of nitrogens with zero attached hydrogens (tertiary/aromatic N) is 1. The number of hydrogen-bond donors (Lipinski definition) is 1. The van der Waals surface area contributed by atoms with Crippen molar-refractivity contribution in [2.75, 3.05) is 5.32 Å². The Hall–Kier alpha value is -2.74. The number of thiophene rings is 1. The van der Waals surface area contributed by atoms with Gasteiger partial charge in [-0.15, -0.1) is 11.3 Å². The Labute approximate surface area is 216 Å². The van der Waals surface area contributed by atoms with E-state index < -0.39 is 0 Å². The molecule has 34 heavy (non-hydrogen) atoms. The second kappa shape index (κ2) is 17.7. The van der Waals surface area contributed by atoms with Crippen molar-refractivity contribution in [1.29, 1.82) is 0 Å². The molecule has 0 aliphatic carbocycles. The van der Waals surface area contributed by atoms with Gasteiger partial charge in [0.25, 0.3) is 0 Å². The molecule has 0 saturated carbocycles. The Balaban J connectivity index is 0.000000264. The number of rotatable bonds is 6. The quantitative estimate of drug-likeness (QED) is 0.122. The number of aliphatic imine (C=N–C) groups is 1.